The molecule has 19 heteroatoms. The van der Waals surface area contributed by atoms with E-state index in [2.05, 4.69) is 20.8 Å². The van der Waals surface area contributed by atoms with Gasteiger partial charge in [0, 0.05) is 71.8 Å². The maximum Gasteiger partial charge on any atom is 0.277 e. The summed E-state index contributed by atoms with van der Waals surface area (Å²) in [6.07, 6.45) is 29.9. The monoisotopic (exact) mass is 1000 g/mol. The number of aliphatic hydroxyl groups is 1. The minimum Gasteiger partial charge on any atom is -0.399 e. The van der Waals surface area contributed by atoms with Crippen LogP contribution in [-0.4, -0.2) is 48.2 Å². The number of nitro groups is 4. The van der Waals surface area contributed by atoms with Crippen LogP contribution in [0.2, 0.25) is 0 Å². The zero-order valence-corrected chi connectivity index (χ0v) is 42.3. The molecule has 0 aliphatic carbocycles. The van der Waals surface area contributed by atoms with Crippen LogP contribution < -0.4 is 11.5 Å². The van der Waals surface area contributed by atoms with Crippen LogP contribution in [0.3, 0.4) is 0 Å². The second-order valence-corrected chi connectivity index (χ2v) is 17.5. The second-order valence-electron chi connectivity index (χ2n) is 17.2. The van der Waals surface area contributed by atoms with E-state index >= 15 is 0 Å². The molecule has 3 rings (SSSR count). The van der Waals surface area contributed by atoms with Gasteiger partial charge in [-0.3, -0.25) is 54.8 Å². The number of ketones is 2. The molecule has 0 spiro atoms. The fraction of sp³-hybridized carbons (Fsp3) is 0.588. The van der Waals surface area contributed by atoms with E-state index in [0.29, 0.717) is 36.4 Å². The number of rotatable bonds is 33. The normalized spacial score (nSPS) is 10.4. The third-order valence-electron chi connectivity index (χ3n) is 11.0. The maximum absolute atomic E-state index is 12.1. The molecule has 0 amide bonds. The molecule has 0 atom stereocenters. The minimum absolute atomic E-state index is 0.0406. The lowest BCUT2D eigenvalue weighted by atomic mass is 10.0. The molecule has 0 heterocycles. The molecule has 0 unspecified atom stereocenters. The number of hydrogen-bond donors (Lipinski definition) is 3. The molecule has 0 saturated carbocycles. The number of nitro benzene ring substituents is 4. The van der Waals surface area contributed by atoms with Crippen LogP contribution >= 0.6 is 11.6 Å². The number of halogens is 1. The summed E-state index contributed by atoms with van der Waals surface area (Å²) >= 11 is 5.07. The number of non-ortho nitro benzene ring substituents is 4. The van der Waals surface area contributed by atoms with E-state index in [1.54, 1.807) is 18.2 Å². The number of aliphatic hydroxyl groups excluding tert-OH is 1. The third-order valence-corrected chi connectivity index (χ3v) is 11.2. The fourth-order valence-electron chi connectivity index (χ4n) is 7.10. The second kappa shape index (κ2) is 39.9. The van der Waals surface area contributed by atoms with Gasteiger partial charge >= 0.3 is 0 Å². The Hall–Kier alpha value is -5.88. The number of nitrogens with two attached hydrogens (primary N) is 2. The van der Waals surface area contributed by atoms with Crippen molar-refractivity contribution in [1.82, 2.24) is 0 Å². The van der Waals surface area contributed by atoms with Gasteiger partial charge in [-0.15, -0.1) is 0 Å². The molecule has 0 radical (unpaired) electrons. The van der Waals surface area contributed by atoms with Crippen LogP contribution in [0.5, 0.6) is 0 Å². The molecule has 0 aromatic heterocycles. The van der Waals surface area contributed by atoms with Crippen molar-refractivity contribution in [3.8, 4) is 0 Å². The Morgan fingerprint density at radius 1 is 0.414 bits per heavy atom. The number of benzene rings is 3. The van der Waals surface area contributed by atoms with Gasteiger partial charge in [-0.2, -0.15) is 0 Å². The average Bonchev–Trinajstić information content (AvgIpc) is 3.32. The first-order chi connectivity index (χ1) is 33.4. The van der Waals surface area contributed by atoms with E-state index in [9.17, 15) is 54.8 Å². The lowest BCUT2D eigenvalue weighted by molar-refractivity contribution is -0.394. The van der Waals surface area contributed by atoms with E-state index in [4.69, 9.17) is 28.2 Å². The number of unbranched alkanes of at least 4 members (excludes halogenated alkanes) is 21. The average molecular weight is 1000 g/mol. The standard InChI is InChI=1S/C17H24N2O5.C17H28N2O.C10H22O.C7H3ClN2O5/c1-2-3-4-5-6-7-8-9-10-17(20)14-11-15(18(21)22)13-16(12-14)19(23)24;1-2-3-4-5-6-7-8-9-10-17(20)14-11-15(18)13-16(19)12-14;1-2-3-4-5-6-7-8-9-10-11;8-7(11)4-1-5(9(12)13)3-6(2-4)10(14)15/h11-13H,2-10H2,1H3;11-13H,2-10,18-19H2,1H3;11H,2-10H2,1H3;1-3H. The van der Waals surface area contributed by atoms with E-state index < -0.39 is 47.7 Å². The van der Waals surface area contributed by atoms with Gasteiger partial charge in [0.25, 0.3) is 28.0 Å². The summed E-state index contributed by atoms with van der Waals surface area (Å²) < 4.78 is 0. The van der Waals surface area contributed by atoms with Crippen molar-refractivity contribution in [1.29, 1.82) is 0 Å². The van der Waals surface area contributed by atoms with Gasteiger partial charge in [-0.25, -0.2) is 0 Å². The highest BCUT2D eigenvalue weighted by atomic mass is 35.5. The number of carbonyl (C=O) groups excluding carboxylic acids is 3. The highest BCUT2D eigenvalue weighted by molar-refractivity contribution is 6.67. The van der Waals surface area contributed by atoms with Crippen molar-refractivity contribution in [3.05, 3.63) is 112 Å². The van der Waals surface area contributed by atoms with Gasteiger partial charge in [-0.05, 0) is 49.1 Å². The van der Waals surface area contributed by atoms with Crippen molar-refractivity contribution >= 4 is 62.5 Å². The van der Waals surface area contributed by atoms with Gasteiger partial charge < -0.3 is 16.6 Å². The van der Waals surface area contributed by atoms with Crippen LogP contribution in [0, 0.1) is 40.5 Å². The van der Waals surface area contributed by atoms with Crippen molar-refractivity contribution in [3.63, 3.8) is 0 Å². The molecule has 390 valence electrons. The van der Waals surface area contributed by atoms with Crippen LogP contribution in [0.25, 0.3) is 0 Å². The topological polar surface area (TPSA) is 296 Å². The fourth-order valence-corrected chi connectivity index (χ4v) is 7.21. The Morgan fingerprint density at radius 2 is 0.671 bits per heavy atom. The minimum atomic E-state index is -0.984. The first-order valence-electron chi connectivity index (χ1n) is 24.8. The molecule has 3 aromatic rings. The molecule has 3 aromatic carbocycles. The zero-order valence-electron chi connectivity index (χ0n) is 41.5. The third kappa shape index (κ3) is 31.3. The number of anilines is 2. The van der Waals surface area contributed by atoms with Crippen molar-refractivity contribution in [2.45, 2.75) is 188 Å². The van der Waals surface area contributed by atoms with Crippen LogP contribution in [0.4, 0.5) is 34.1 Å². The summed E-state index contributed by atoms with van der Waals surface area (Å²) in [6, 6.07) is 10.7. The maximum atomic E-state index is 12.1. The Bertz CT molecular complexity index is 1910. The first kappa shape index (κ1) is 64.1. The predicted octanol–water partition coefficient (Wildman–Crippen LogP) is 14.8. The molecule has 18 nitrogen and oxygen atoms in total. The highest BCUT2D eigenvalue weighted by Gasteiger charge is 2.20. The van der Waals surface area contributed by atoms with Crippen LogP contribution in [0.15, 0.2) is 54.6 Å². The van der Waals surface area contributed by atoms with E-state index in [-0.39, 0.29) is 29.1 Å². The smallest absolute Gasteiger partial charge is 0.277 e. The Kier molecular flexibility index (Phi) is 36.6. The molecule has 5 N–H and O–H groups in total. The van der Waals surface area contributed by atoms with Gasteiger partial charge in [0.1, 0.15) is 0 Å². The van der Waals surface area contributed by atoms with E-state index in [0.717, 1.165) is 74.9 Å². The quantitative estimate of drug-likeness (QED) is 0.0128. The molecular formula is C51H77ClN6O12. The Balaban J connectivity index is 0.000000941. The van der Waals surface area contributed by atoms with Crippen molar-refractivity contribution < 1.29 is 39.2 Å². The van der Waals surface area contributed by atoms with Gasteiger partial charge in [0.2, 0.25) is 0 Å². The Labute approximate surface area is 417 Å². The lowest BCUT2D eigenvalue weighted by Gasteiger charge is -2.04. The van der Waals surface area contributed by atoms with E-state index in [1.165, 1.54) is 109 Å². The number of nitrogen functional groups attached to an aromatic ring is 2. The molecule has 0 aliphatic heterocycles. The number of hydrogen-bond acceptors (Lipinski definition) is 14. The number of nitrogens with zero attached hydrogens (tertiary/aromatic N) is 4. The highest BCUT2D eigenvalue weighted by Crippen LogP contribution is 2.25. The van der Waals surface area contributed by atoms with Gasteiger partial charge in [-0.1, -0.05) is 156 Å². The van der Waals surface area contributed by atoms with Crippen LogP contribution in [0.1, 0.15) is 219 Å². The van der Waals surface area contributed by atoms with Gasteiger partial charge in [0.15, 0.2) is 11.6 Å². The summed E-state index contributed by atoms with van der Waals surface area (Å²) in [6.45, 7) is 7.01. The molecular weight excluding hydrogens is 924 g/mol. The first-order valence-corrected chi connectivity index (χ1v) is 25.2. The number of carbonyl (C=O) groups is 3. The lowest BCUT2D eigenvalue weighted by Crippen LogP contribution is -2.02. The zero-order chi connectivity index (χ0) is 52.7. The van der Waals surface area contributed by atoms with Crippen molar-refractivity contribution in [2.24, 2.45) is 0 Å². The molecule has 0 fully saturated rings. The summed E-state index contributed by atoms with van der Waals surface area (Å²) in [5, 5.41) is 49.9. The molecule has 0 aliphatic rings. The van der Waals surface area contributed by atoms with Crippen LogP contribution in [-0.2, 0) is 0 Å². The largest absolute Gasteiger partial charge is 0.399 e. The summed E-state index contributed by atoms with van der Waals surface area (Å²) in [4.78, 5) is 74.1. The summed E-state index contributed by atoms with van der Waals surface area (Å²) in [5.41, 5.74) is 11.0. The summed E-state index contributed by atoms with van der Waals surface area (Å²) in [5.74, 6) is -0.136. The number of Topliss-reactive ketones (excluding diaryl/α,β-unsaturated/α-hetero) is 2. The molecule has 70 heavy (non-hydrogen) atoms. The molecule has 0 saturated heterocycles. The predicted molar refractivity (Wildman–Crippen MR) is 278 cm³/mol. The van der Waals surface area contributed by atoms with Gasteiger partial charge in [0.05, 0.1) is 31.8 Å². The summed E-state index contributed by atoms with van der Waals surface area (Å²) in [7, 11) is 0. The molecule has 0 bridgehead atoms. The Morgan fingerprint density at radius 3 is 0.943 bits per heavy atom. The van der Waals surface area contributed by atoms with E-state index in [1.807, 2.05) is 0 Å². The van der Waals surface area contributed by atoms with Crippen molar-refractivity contribution in [2.75, 3.05) is 18.1 Å². The SMILES string of the molecule is CCCCCCCCCCC(=O)c1cc(N)cc(N)c1.CCCCCCCCCCC(=O)c1cc([N+](=O)[O-])cc([N+](=O)[O-])c1.CCCCCCCCCCO.O=C(Cl)c1cc([N+](=O)[O-])cc([N+](=O)[O-])c1.